The summed E-state index contributed by atoms with van der Waals surface area (Å²) in [6, 6.07) is 8.10. The van der Waals surface area contributed by atoms with Crippen LogP contribution in [0.5, 0.6) is 0 Å². The van der Waals surface area contributed by atoms with Gasteiger partial charge in [-0.1, -0.05) is 12.1 Å². The fourth-order valence-electron chi connectivity index (χ4n) is 3.17. The zero-order valence-corrected chi connectivity index (χ0v) is 20.8. The first kappa shape index (κ1) is 32.1. The highest BCUT2D eigenvalue weighted by molar-refractivity contribution is 7.09. The van der Waals surface area contributed by atoms with Crippen LogP contribution in [0.15, 0.2) is 34.4 Å². The Hall–Kier alpha value is -2.91. The topological polar surface area (TPSA) is 103 Å². The summed E-state index contributed by atoms with van der Waals surface area (Å²) in [6.45, 7) is 4.79. The Morgan fingerprint density at radius 3 is 1.97 bits per heavy atom. The van der Waals surface area contributed by atoms with Gasteiger partial charge in [-0.05, 0) is 37.5 Å². The van der Waals surface area contributed by atoms with Crippen LogP contribution in [0.2, 0.25) is 0 Å². The lowest BCUT2D eigenvalue weighted by molar-refractivity contribution is -0.193. The molecule has 1 aliphatic rings. The third kappa shape index (κ3) is 11.8. The van der Waals surface area contributed by atoms with Crippen LogP contribution in [-0.2, 0) is 35.5 Å². The zero-order chi connectivity index (χ0) is 28.4. The summed E-state index contributed by atoms with van der Waals surface area (Å²) in [4.78, 5) is 36.1. The van der Waals surface area contributed by atoms with E-state index in [1.807, 2.05) is 22.0 Å². The van der Waals surface area contributed by atoms with Gasteiger partial charge in [0.25, 0.3) is 5.56 Å². The molecule has 2 N–H and O–H groups in total. The van der Waals surface area contributed by atoms with Gasteiger partial charge >= 0.3 is 24.3 Å². The van der Waals surface area contributed by atoms with E-state index in [1.165, 1.54) is 16.1 Å². The maximum atomic E-state index is 12.3. The van der Waals surface area contributed by atoms with Crippen LogP contribution in [0.1, 0.15) is 16.1 Å². The van der Waals surface area contributed by atoms with Gasteiger partial charge in [-0.25, -0.2) is 9.59 Å². The maximum absolute atomic E-state index is 12.3. The third-order valence-corrected chi connectivity index (χ3v) is 5.83. The van der Waals surface area contributed by atoms with Crippen molar-refractivity contribution < 1.29 is 46.1 Å². The molecule has 2 aromatic rings. The Bertz CT molecular complexity index is 1040. The Kier molecular flexibility index (Phi) is 12.3. The van der Waals surface area contributed by atoms with Crippen molar-refractivity contribution in [2.75, 3.05) is 33.7 Å². The van der Waals surface area contributed by atoms with Crippen LogP contribution in [0.25, 0.3) is 0 Å². The number of halogens is 6. The fraction of sp³-hybridized carbons (Fsp3) is 0.500. The fourth-order valence-corrected chi connectivity index (χ4v) is 3.91. The van der Waals surface area contributed by atoms with Gasteiger partial charge in [-0.15, -0.1) is 11.3 Å². The second kappa shape index (κ2) is 14.1. The largest absolute Gasteiger partial charge is 0.490 e. The molecule has 0 bridgehead atoms. The molecular formula is C22H27F6N3O5S. The highest BCUT2D eigenvalue weighted by Gasteiger charge is 2.38. The van der Waals surface area contributed by atoms with E-state index in [-0.39, 0.29) is 5.56 Å². The van der Waals surface area contributed by atoms with Gasteiger partial charge in [-0.2, -0.15) is 26.3 Å². The van der Waals surface area contributed by atoms with Gasteiger partial charge in [0, 0.05) is 55.8 Å². The summed E-state index contributed by atoms with van der Waals surface area (Å²) >= 11 is 1.82. The molecule has 3 heterocycles. The number of likely N-dealkylation sites (N-methyl/N-ethyl adjacent to an activating group) is 1. The molecule has 3 rings (SSSR count). The van der Waals surface area contributed by atoms with Gasteiger partial charge in [0.1, 0.15) is 0 Å². The number of hydrogen-bond acceptors (Lipinski definition) is 6. The number of carbonyl (C=O) groups is 2. The summed E-state index contributed by atoms with van der Waals surface area (Å²) < 4.78 is 65.5. The quantitative estimate of drug-likeness (QED) is 0.542. The molecular weight excluding hydrogens is 532 g/mol. The lowest BCUT2D eigenvalue weighted by atomic mass is 10.1. The number of hydrogen-bond donors (Lipinski definition) is 2. The van der Waals surface area contributed by atoms with Crippen LogP contribution in [0.4, 0.5) is 26.3 Å². The Balaban J connectivity index is 0.000000404. The summed E-state index contributed by atoms with van der Waals surface area (Å²) in [5.74, 6) is -5.51. The van der Waals surface area contributed by atoms with Gasteiger partial charge in [-0.3, -0.25) is 9.69 Å². The van der Waals surface area contributed by atoms with Gasteiger partial charge in [0.05, 0.1) is 0 Å². The van der Waals surface area contributed by atoms with Crippen molar-refractivity contribution in [2.45, 2.75) is 38.3 Å². The molecule has 0 aromatic carbocycles. The van der Waals surface area contributed by atoms with E-state index in [9.17, 15) is 31.1 Å². The number of nitrogens with zero attached hydrogens (tertiary/aromatic N) is 3. The molecule has 2 aromatic heterocycles. The van der Waals surface area contributed by atoms with Crippen LogP contribution in [0, 0.1) is 0 Å². The van der Waals surface area contributed by atoms with E-state index in [2.05, 4.69) is 41.4 Å². The molecule has 15 heteroatoms. The first-order chi connectivity index (χ1) is 17.0. The summed E-state index contributed by atoms with van der Waals surface area (Å²) in [6.07, 6.45) is -8.17. The molecule has 37 heavy (non-hydrogen) atoms. The van der Waals surface area contributed by atoms with Crippen LogP contribution < -0.4 is 5.56 Å². The van der Waals surface area contributed by atoms with E-state index in [4.69, 9.17) is 19.8 Å². The average molecular weight is 560 g/mol. The van der Waals surface area contributed by atoms with E-state index in [1.54, 1.807) is 6.07 Å². The number of aromatic nitrogens is 1. The molecule has 0 aliphatic carbocycles. The zero-order valence-electron chi connectivity index (χ0n) is 20.0. The van der Waals surface area contributed by atoms with Crippen molar-refractivity contribution in [3.63, 3.8) is 0 Å². The smallest absolute Gasteiger partial charge is 0.475 e. The number of aliphatic carboxylic acids is 2. The molecule has 0 amide bonds. The number of alkyl halides is 6. The second-order valence-electron chi connectivity index (χ2n) is 8.06. The number of carboxylic acids is 2. The Morgan fingerprint density at radius 2 is 1.51 bits per heavy atom. The monoisotopic (exact) mass is 559 g/mol. The van der Waals surface area contributed by atoms with Crippen molar-refractivity contribution in [3.05, 3.63) is 56.1 Å². The first-order valence-corrected chi connectivity index (χ1v) is 11.6. The lowest BCUT2D eigenvalue weighted by Gasteiger charge is -2.19. The predicted molar refractivity (Wildman–Crippen MR) is 124 cm³/mol. The molecule has 1 aliphatic heterocycles. The number of thiophene rings is 1. The molecule has 8 nitrogen and oxygen atoms in total. The molecule has 0 fully saturated rings. The highest BCUT2D eigenvalue weighted by atomic mass is 32.1. The van der Waals surface area contributed by atoms with Crippen molar-refractivity contribution in [1.29, 1.82) is 0 Å². The van der Waals surface area contributed by atoms with Gasteiger partial charge in [0.15, 0.2) is 0 Å². The predicted octanol–water partition coefficient (Wildman–Crippen LogP) is 3.34. The van der Waals surface area contributed by atoms with Gasteiger partial charge < -0.3 is 19.7 Å². The SMILES string of the molecule is CN(C)CCn1c2c(ccc1=O)CCN(Cc1cccs1)CC2.O=C(O)C(F)(F)F.O=C(O)C(F)(F)F. The van der Waals surface area contributed by atoms with Crippen molar-refractivity contribution in [3.8, 4) is 0 Å². The summed E-state index contributed by atoms with van der Waals surface area (Å²) in [5, 5.41) is 16.4. The minimum Gasteiger partial charge on any atom is -0.475 e. The number of carboxylic acid groups (broad SMARTS) is 2. The normalized spacial score (nSPS) is 14.0. The van der Waals surface area contributed by atoms with Crippen LogP contribution in [-0.4, -0.2) is 82.6 Å². The second-order valence-corrected chi connectivity index (χ2v) is 9.09. The van der Waals surface area contributed by atoms with E-state index < -0.39 is 24.3 Å². The minimum absolute atomic E-state index is 0.136. The molecule has 208 valence electrons. The number of fused-ring (bicyclic) bond motifs is 1. The summed E-state index contributed by atoms with van der Waals surface area (Å²) in [5.41, 5.74) is 2.72. The Morgan fingerprint density at radius 1 is 0.973 bits per heavy atom. The Labute approximate surface area is 212 Å². The van der Waals surface area contributed by atoms with Crippen LogP contribution in [0.3, 0.4) is 0 Å². The molecule has 0 unspecified atom stereocenters. The lowest BCUT2D eigenvalue weighted by Crippen LogP contribution is -2.30. The van der Waals surface area contributed by atoms with Crippen molar-refractivity contribution >= 4 is 23.3 Å². The summed E-state index contributed by atoms with van der Waals surface area (Å²) in [7, 11) is 4.10. The number of rotatable bonds is 5. The van der Waals surface area contributed by atoms with E-state index in [0.29, 0.717) is 0 Å². The first-order valence-electron chi connectivity index (χ1n) is 10.7. The standard InChI is InChI=1S/C18H25N3OS.2C2HF3O2/c1-19(2)11-12-21-17-8-10-20(14-16-4-3-13-23-16)9-7-15(17)5-6-18(21)22;2*3-2(4,5)1(6)7/h3-6,13H,7-12,14H2,1-2H3;2*(H,6,7). The van der Waals surface area contributed by atoms with E-state index in [0.717, 1.165) is 45.6 Å². The van der Waals surface area contributed by atoms with Gasteiger partial charge in [0.2, 0.25) is 0 Å². The van der Waals surface area contributed by atoms with Crippen LogP contribution >= 0.6 is 11.3 Å². The van der Waals surface area contributed by atoms with Crippen molar-refractivity contribution in [2.24, 2.45) is 0 Å². The average Bonchev–Trinajstić information content (AvgIpc) is 3.19. The molecule has 0 radical (unpaired) electrons. The molecule has 0 saturated heterocycles. The number of pyridine rings is 1. The molecule has 0 atom stereocenters. The maximum Gasteiger partial charge on any atom is 0.490 e. The molecule has 0 saturated carbocycles. The molecule has 0 spiro atoms. The van der Waals surface area contributed by atoms with Crippen molar-refractivity contribution in [1.82, 2.24) is 14.4 Å². The third-order valence-electron chi connectivity index (χ3n) is 4.97. The van der Waals surface area contributed by atoms with E-state index >= 15 is 0 Å². The minimum atomic E-state index is -5.08. The highest BCUT2D eigenvalue weighted by Crippen LogP contribution is 2.18.